The highest BCUT2D eigenvalue weighted by atomic mass is 32.2. The summed E-state index contributed by atoms with van der Waals surface area (Å²) < 4.78 is 36.1. The van der Waals surface area contributed by atoms with Crippen LogP contribution in [0.5, 0.6) is 0 Å². The number of hydrogen-bond donors (Lipinski definition) is 2. The van der Waals surface area contributed by atoms with Crippen molar-refractivity contribution in [3.05, 3.63) is 11.8 Å². The summed E-state index contributed by atoms with van der Waals surface area (Å²) in [5.41, 5.74) is 5.96. The van der Waals surface area contributed by atoms with Gasteiger partial charge in [0, 0.05) is 39.4 Å². The van der Waals surface area contributed by atoms with Crippen molar-refractivity contribution in [1.82, 2.24) is 14.5 Å². The van der Waals surface area contributed by atoms with Crippen molar-refractivity contribution >= 4 is 10.0 Å². The number of nitrogens with two attached hydrogens (primary N) is 1. The predicted octanol–water partition coefficient (Wildman–Crippen LogP) is -0.848. The monoisotopic (exact) mass is 292 g/mol. The fourth-order valence-electron chi connectivity index (χ4n) is 1.54. The maximum absolute atomic E-state index is 12.5. The molecule has 110 valence electrons. The predicted molar refractivity (Wildman–Crippen MR) is 69.0 cm³/mol. The SMILES string of the molecule is COCCN(CCOC)S(=O)(=O)c1[nH]ncc1CN. The zero-order valence-electron chi connectivity index (χ0n) is 11.1. The van der Waals surface area contributed by atoms with Gasteiger partial charge in [-0.1, -0.05) is 0 Å². The summed E-state index contributed by atoms with van der Waals surface area (Å²) >= 11 is 0. The topological polar surface area (TPSA) is 111 Å². The van der Waals surface area contributed by atoms with Gasteiger partial charge < -0.3 is 15.2 Å². The molecule has 0 saturated carbocycles. The van der Waals surface area contributed by atoms with E-state index in [9.17, 15) is 8.42 Å². The lowest BCUT2D eigenvalue weighted by molar-refractivity contribution is 0.150. The minimum atomic E-state index is -3.67. The molecule has 1 heterocycles. The van der Waals surface area contributed by atoms with Crippen LogP contribution in [0.4, 0.5) is 0 Å². The summed E-state index contributed by atoms with van der Waals surface area (Å²) in [6, 6.07) is 0. The highest BCUT2D eigenvalue weighted by molar-refractivity contribution is 7.89. The van der Waals surface area contributed by atoms with Gasteiger partial charge in [0.2, 0.25) is 0 Å². The zero-order valence-corrected chi connectivity index (χ0v) is 11.9. The molecular weight excluding hydrogens is 272 g/mol. The maximum Gasteiger partial charge on any atom is 0.260 e. The number of hydrogen-bond acceptors (Lipinski definition) is 6. The number of methoxy groups -OCH3 is 2. The van der Waals surface area contributed by atoms with Crippen LogP contribution in [0.1, 0.15) is 5.56 Å². The standard InChI is InChI=1S/C10H20N4O4S/c1-17-5-3-14(4-6-18-2)19(15,16)10-9(7-11)8-12-13-10/h8H,3-7,11H2,1-2H3,(H,12,13). The summed E-state index contributed by atoms with van der Waals surface area (Å²) in [6.07, 6.45) is 1.41. The second-order valence-corrected chi connectivity index (χ2v) is 5.69. The fourth-order valence-corrected chi connectivity index (χ4v) is 3.06. The van der Waals surface area contributed by atoms with Crippen molar-refractivity contribution in [3.8, 4) is 0 Å². The average molecular weight is 292 g/mol. The van der Waals surface area contributed by atoms with Crippen LogP contribution in [0.2, 0.25) is 0 Å². The van der Waals surface area contributed by atoms with E-state index in [0.717, 1.165) is 0 Å². The molecule has 0 radical (unpaired) electrons. The quantitative estimate of drug-likeness (QED) is 0.613. The first-order chi connectivity index (χ1) is 9.07. The number of H-pyrrole nitrogens is 1. The van der Waals surface area contributed by atoms with Gasteiger partial charge in [-0.25, -0.2) is 8.42 Å². The van der Waals surface area contributed by atoms with E-state index in [1.165, 1.54) is 24.7 Å². The number of rotatable bonds is 9. The van der Waals surface area contributed by atoms with Crippen LogP contribution < -0.4 is 5.73 Å². The average Bonchev–Trinajstić information content (AvgIpc) is 2.87. The van der Waals surface area contributed by atoms with Crippen LogP contribution in [0, 0.1) is 0 Å². The minimum absolute atomic E-state index is 0.0298. The summed E-state index contributed by atoms with van der Waals surface area (Å²) in [6.45, 7) is 1.19. The third-order valence-corrected chi connectivity index (χ3v) is 4.50. The summed E-state index contributed by atoms with van der Waals surface area (Å²) in [5, 5.41) is 6.25. The molecule has 1 rings (SSSR count). The van der Waals surface area contributed by atoms with E-state index in [1.807, 2.05) is 0 Å². The number of aromatic nitrogens is 2. The van der Waals surface area contributed by atoms with E-state index in [2.05, 4.69) is 10.2 Å². The number of nitrogens with zero attached hydrogens (tertiary/aromatic N) is 2. The Balaban J connectivity index is 2.97. The van der Waals surface area contributed by atoms with Gasteiger partial charge in [0.15, 0.2) is 5.03 Å². The molecule has 0 aliphatic heterocycles. The van der Waals surface area contributed by atoms with Crippen molar-refractivity contribution in [2.24, 2.45) is 5.73 Å². The number of aromatic amines is 1. The Kier molecular flexibility index (Phi) is 6.38. The lowest BCUT2D eigenvalue weighted by Gasteiger charge is -2.21. The van der Waals surface area contributed by atoms with Crippen LogP contribution in [0.15, 0.2) is 11.2 Å². The lowest BCUT2D eigenvalue weighted by atomic mass is 10.4. The van der Waals surface area contributed by atoms with Crippen molar-refractivity contribution in [1.29, 1.82) is 0 Å². The molecule has 0 spiro atoms. The van der Waals surface area contributed by atoms with E-state index in [1.54, 1.807) is 0 Å². The van der Waals surface area contributed by atoms with Gasteiger partial charge in [0.25, 0.3) is 10.0 Å². The third kappa shape index (κ3) is 3.98. The second-order valence-electron chi connectivity index (χ2n) is 3.82. The van der Waals surface area contributed by atoms with Crippen molar-refractivity contribution < 1.29 is 17.9 Å². The molecule has 1 aromatic heterocycles. The van der Waals surface area contributed by atoms with Gasteiger partial charge in [-0.2, -0.15) is 9.40 Å². The molecule has 19 heavy (non-hydrogen) atoms. The van der Waals surface area contributed by atoms with E-state index >= 15 is 0 Å². The highest BCUT2D eigenvalue weighted by Crippen LogP contribution is 2.16. The molecule has 0 unspecified atom stereocenters. The van der Waals surface area contributed by atoms with E-state index in [0.29, 0.717) is 18.8 Å². The van der Waals surface area contributed by atoms with Crippen molar-refractivity contribution in [2.75, 3.05) is 40.5 Å². The Hall–Kier alpha value is -1.00. The van der Waals surface area contributed by atoms with Crippen LogP contribution in [-0.2, 0) is 26.0 Å². The first-order valence-corrected chi connectivity index (χ1v) is 7.22. The molecule has 0 aliphatic carbocycles. The Morgan fingerprint density at radius 2 is 1.89 bits per heavy atom. The van der Waals surface area contributed by atoms with Gasteiger partial charge in [0.1, 0.15) is 0 Å². The van der Waals surface area contributed by atoms with Crippen LogP contribution >= 0.6 is 0 Å². The first kappa shape index (κ1) is 16.1. The van der Waals surface area contributed by atoms with Gasteiger partial charge in [-0.15, -0.1) is 0 Å². The molecule has 0 aliphatic rings. The molecule has 1 aromatic rings. The molecule has 3 N–H and O–H groups in total. The minimum Gasteiger partial charge on any atom is -0.383 e. The first-order valence-electron chi connectivity index (χ1n) is 5.78. The maximum atomic E-state index is 12.5. The van der Waals surface area contributed by atoms with Crippen LogP contribution in [0.25, 0.3) is 0 Å². The van der Waals surface area contributed by atoms with Crippen molar-refractivity contribution in [3.63, 3.8) is 0 Å². The van der Waals surface area contributed by atoms with Gasteiger partial charge >= 0.3 is 0 Å². The molecule has 0 fully saturated rings. The Bertz CT molecular complexity index is 466. The summed E-state index contributed by atoms with van der Waals surface area (Å²) in [5.74, 6) is 0. The smallest absolute Gasteiger partial charge is 0.260 e. The molecule has 0 aromatic carbocycles. The Morgan fingerprint density at radius 1 is 1.32 bits per heavy atom. The molecule has 0 amide bonds. The lowest BCUT2D eigenvalue weighted by Crippen LogP contribution is -2.37. The molecule has 9 heteroatoms. The fraction of sp³-hybridized carbons (Fsp3) is 0.700. The molecule has 0 bridgehead atoms. The van der Waals surface area contributed by atoms with Gasteiger partial charge in [0.05, 0.1) is 19.4 Å². The van der Waals surface area contributed by atoms with Crippen molar-refractivity contribution in [2.45, 2.75) is 11.6 Å². The summed E-state index contributed by atoms with van der Waals surface area (Å²) in [7, 11) is -0.637. The second kappa shape index (κ2) is 7.56. The third-order valence-electron chi connectivity index (χ3n) is 2.59. The van der Waals surface area contributed by atoms with Gasteiger partial charge in [-0.05, 0) is 0 Å². The highest BCUT2D eigenvalue weighted by Gasteiger charge is 2.27. The number of nitrogens with one attached hydrogen (secondary N) is 1. The van der Waals surface area contributed by atoms with Gasteiger partial charge in [-0.3, -0.25) is 5.10 Å². The Morgan fingerprint density at radius 3 is 2.37 bits per heavy atom. The largest absolute Gasteiger partial charge is 0.383 e. The van der Waals surface area contributed by atoms with Crippen LogP contribution in [-0.4, -0.2) is 63.4 Å². The number of ether oxygens (including phenoxy) is 2. The zero-order chi connectivity index (χ0) is 14.3. The van der Waals surface area contributed by atoms with E-state index in [-0.39, 0.29) is 24.7 Å². The number of sulfonamides is 1. The van der Waals surface area contributed by atoms with E-state index in [4.69, 9.17) is 15.2 Å². The molecule has 8 nitrogen and oxygen atoms in total. The van der Waals surface area contributed by atoms with E-state index < -0.39 is 10.0 Å². The molecular formula is C10H20N4O4S. The molecule has 0 saturated heterocycles. The Labute approximate surface area is 112 Å². The van der Waals surface area contributed by atoms with Crippen LogP contribution in [0.3, 0.4) is 0 Å². The molecule has 0 atom stereocenters. The summed E-state index contributed by atoms with van der Waals surface area (Å²) in [4.78, 5) is 0. The normalized spacial score (nSPS) is 12.2.